The minimum atomic E-state index is -1.37. The van der Waals surface area contributed by atoms with Crippen molar-refractivity contribution in [1.29, 1.82) is 0 Å². The van der Waals surface area contributed by atoms with Gasteiger partial charge in [-0.05, 0) is 82.9 Å². The second-order valence-corrected chi connectivity index (χ2v) is 13.4. The predicted molar refractivity (Wildman–Crippen MR) is 185 cm³/mol. The molecule has 0 spiro atoms. The summed E-state index contributed by atoms with van der Waals surface area (Å²) in [4.78, 5) is 12.3. The lowest BCUT2D eigenvalue weighted by atomic mass is 9.69. The fraction of sp³-hybridized carbons (Fsp3) is 0.425. The van der Waals surface area contributed by atoms with Crippen molar-refractivity contribution in [3.8, 4) is 0 Å². The van der Waals surface area contributed by atoms with Gasteiger partial charge in [-0.1, -0.05) is 141 Å². The van der Waals surface area contributed by atoms with E-state index in [1.807, 2.05) is 63.3 Å². The number of aliphatic hydroxyl groups is 2. The smallest absolute Gasteiger partial charge is 0.189 e. The largest absolute Gasteiger partial charge is 0.389 e. The molecule has 2 aliphatic rings. The molecule has 0 fully saturated rings. The summed E-state index contributed by atoms with van der Waals surface area (Å²) in [5.41, 5.74) is 8.37. The second kappa shape index (κ2) is 16.0. The van der Waals surface area contributed by atoms with Crippen LogP contribution < -0.4 is 0 Å². The lowest BCUT2D eigenvalue weighted by molar-refractivity contribution is -0.135. The minimum Gasteiger partial charge on any atom is -0.389 e. The van der Waals surface area contributed by atoms with E-state index in [2.05, 4.69) is 84.1 Å². The number of carbonyl (C=O) groups excluding carboxylic acids is 1. The van der Waals surface area contributed by atoms with Crippen LogP contribution in [0.3, 0.4) is 0 Å². The van der Waals surface area contributed by atoms with Crippen LogP contribution in [0.1, 0.15) is 88.5 Å². The van der Waals surface area contributed by atoms with Crippen LogP contribution in [0.2, 0.25) is 0 Å². The molecule has 0 saturated carbocycles. The lowest BCUT2D eigenvalue weighted by Gasteiger charge is -2.39. The SMILES string of the molecule is CC1=C(/C=C/C(C)=C/C=C/C(C)=C/C=C/C=C(C)/C=C/C=C(C)/C=C/C2=C(C)C(=O)C(O)C(O)C2(C)C)C(C)(C)CCC1. The molecule has 0 aromatic carbocycles. The molecule has 0 heterocycles. The molecule has 0 amide bonds. The average molecular weight is 583 g/mol. The van der Waals surface area contributed by atoms with Gasteiger partial charge in [0.05, 0.1) is 6.10 Å². The Morgan fingerprint density at radius 3 is 1.63 bits per heavy atom. The third kappa shape index (κ3) is 10.4. The second-order valence-electron chi connectivity index (χ2n) is 13.4. The molecule has 0 bridgehead atoms. The van der Waals surface area contributed by atoms with Gasteiger partial charge in [0, 0.05) is 5.41 Å². The van der Waals surface area contributed by atoms with Crippen molar-refractivity contribution < 1.29 is 15.0 Å². The zero-order chi connectivity index (χ0) is 32.4. The Balaban J connectivity index is 1.94. The van der Waals surface area contributed by atoms with Crippen molar-refractivity contribution in [1.82, 2.24) is 0 Å². The Morgan fingerprint density at radius 2 is 1.14 bits per heavy atom. The van der Waals surface area contributed by atoms with Crippen LogP contribution in [0.25, 0.3) is 0 Å². The summed E-state index contributed by atoms with van der Waals surface area (Å²) in [6, 6.07) is 0. The molecule has 0 aromatic rings. The van der Waals surface area contributed by atoms with Crippen LogP contribution >= 0.6 is 0 Å². The fourth-order valence-corrected chi connectivity index (χ4v) is 5.66. The number of Topliss-reactive ketones (excluding diaryl/α,β-unsaturated/α-hetero) is 1. The summed E-state index contributed by atoms with van der Waals surface area (Å²) in [6.07, 6.45) is 30.3. The van der Waals surface area contributed by atoms with Crippen LogP contribution in [0, 0.1) is 10.8 Å². The van der Waals surface area contributed by atoms with E-state index in [1.54, 1.807) is 6.92 Å². The third-order valence-electron chi connectivity index (χ3n) is 8.61. The summed E-state index contributed by atoms with van der Waals surface area (Å²) in [5, 5.41) is 20.4. The molecule has 2 atom stereocenters. The van der Waals surface area contributed by atoms with E-state index in [0.29, 0.717) is 5.57 Å². The molecule has 232 valence electrons. The van der Waals surface area contributed by atoms with E-state index in [-0.39, 0.29) is 5.41 Å². The lowest BCUT2D eigenvalue weighted by Crippen LogP contribution is -2.49. The van der Waals surface area contributed by atoms with Gasteiger partial charge in [-0.25, -0.2) is 0 Å². The molecular weight excluding hydrogens is 528 g/mol. The monoisotopic (exact) mass is 582 g/mol. The fourth-order valence-electron chi connectivity index (χ4n) is 5.66. The van der Waals surface area contributed by atoms with Crippen LogP contribution in [0.15, 0.2) is 130 Å². The molecule has 2 unspecified atom stereocenters. The molecule has 2 rings (SSSR count). The minimum absolute atomic E-state index is 0.266. The summed E-state index contributed by atoms with van der Waals surface area (Å²) in [6.45, 7) is 20.7. The number of carbonyl (C=O) groups is 1. The molecule has 0 aliphatic heterocycles. The molecule has 0 aromatic heterocycles. The predicted octanol–water partition coefficient (Wildman–Crippen LogP) is 9.73. The first kappa shape index (κ1) is 35.9. The van der Waals surface area contributed by atoms with Crippen LogP contribution in [0.5, 0.6) is 0 Å². The summed E-state index contributed by atoms with van der Waals surface area (Å²) in [5.74, 6) is -0.412. The zero-order valence-electron chi connectivity index (χ0n) is 28.2. The number of hydrogen-bond donors (Lipinski definition) is 2. The van der Waals surface area contributed by atoms with Gasteiger partial charge in [-0.2, -0.15) is 0 Å². The molecule has 0 saturated heterocycles. The van der Waals surface area contributed by atoms with E-state index in [4.69, 9.17) is 0 Å². The highest BCUT2D eigenvalue weighted by molar-refractivity contribution is 6.01. The Hall–Kier alpha value is -3.27. The van der Waals surface area contributed by atoms with Gasteiger partial charge in [-0.3, -0.25) is 4.79 Å². The Morgan fingerprint density at radius 1 is 0.698 bits per heavy atom. The molecule has 2 aliphatic carbocycles. The van der Waals surface area contributed by atoms with Crippen molar-refractivity contribution >= 4 is 5.78 Å². The molecule has 3 nitrogen and oxygen atoms in total. The first-order chi connectivity index (χ1) is 20.1. The first-order valence-electron chi connectivity index (χ1n) is 15.5. The molecule has 43 heavy (non-hydrogen) atoms. The van der Waals surface area contributed by atoms with Crippen LogP contribution in [0.4, 0.5) is 0 Å². The number of ketones is 1. The van der Waals surface area contributed by atoms with Gasteiger partial charge in [-0.15, -0.1) is 0 Å². The van der Waals surface area contributed by atoms with Gasteiger partial charge in [0.2, 0.25) is 0 Å². The van der Waals surface area contributed by atoms with Crippen LogP contribution in [-0.4, -0.2) is 28.2 Å². The maximum atomic E-state index is 12.3. The summed E-state index contributed by atoms with van der Waals surface area (Å²) >= 11 is 0. The standard InChI is InChI=1S/C40H54O3/c1-28(18-13-20-30(3)23-25-34-32(5)22-15-27-39(34,7)8)16-11-12-17-29(2)19-14-21-31(4)24-26-35-33(6)36(41)37(42)38(43)40(35,9)10/h11-14,16-21,23-26,37-38,42-43H,15,22,27H2,1-10H3/b12-11+,18-13+,19-14+,25-23+,26-24+,28-16+,29-17+,30-20+,31-21+. The van der Waals surface area contributed by atoms with E-state index < -0.39 is 23.4 Å². The van der Waals surface area contributed by atoms with Gasteiger partial charge in [0.15, 0.2) is 5.78 Å². The highest BCUT2D eigenvalue weighted by Crippen LogP contribution is 2.41. The van der Waals surface area contributed by atoms with Gasteiger partial charge in [0.25, 0.3) is 0 Å². The molecule has 3 heteroatoms. The maximum Gasteiger partial charge on any atom is 0.189 e. The number of rotatable bonds is 10. The van der Waals surface area contributed by atoms with Crippen molar-refractivity contribution in [2.24, 2.45) is 10.8 Å². The molecule has 0 radical (unpaired) electrons. The van der Waals surface area contributed by atoms with Gasteiger partial charge >= 0.3 is 0 Å². The summed E-state index contributed by atoms with van der Waals surface area (Å²) < 4.78 is 0. The molecular formula is C40H54O3. The highest BCUT2D eigenvalue weighted by atomic mass is 16.3. The van der Waals surface area contributed by atoms with Crippen molar-refractivity contribution in [3.05, 3.63) is 130 Å². The van der Waals surface area contributed by atoms with Crippen molar-refractivity contribution in [2.45, 2.75) is 101 Å². The quantitative estimate of drug-likeness (QED) is 0.252. The van der Waals surface area contributed by atoms with E-state index in [0.717, 1.165) is 16.7 Å². The normalized spacial score (nSPS) is 24.8. The number of hydrogen-bond acceptors (Lipinski definition) is 3. The van der Waals surface area contributed by atoms with Crippen molar-refractivity contribution in [2.75, 3.05) is 0 Å². The molecule has 2 N–H and O–H groups in total. The Kier molecular flexibility index (Phi) is 13.4. The third-order valence-corrected chi connectivity index (χ3v) is 8.61. The van der Waals surface area contributed by atoms with Crippen LogP contribution in [-0.2, 0) is 4.79 Å². The zero-order valence-corrected chi connectivity index (χ0v) is 28.2. The Labute approximate surface area is 261 Å². The first-order valence-corrected chi connectivity index (χ1v) is 15.5. The average Bonchev–Trinajstić information content (AvgIpc) is 2.92. The topological polar surface area (TPSA) is 57.5 Å². The maximum absolute atomic E-state index is 12.3. The summed E-state index contributed by atoms with van der Waals surface area (Å²) in [7, 11) is 0. The van der Waals surface area contributed by atoms with E-state index in [9.17, 15) is 15.0 Å². The Bertz CT molecular complexity index is 1370. The number of aliphatic hydroxyl groups excluding tert-OH is 2. The van der Waals surface area contributed by atoms with Gasteiger partial charge < -0.3 is 10.2 Å². The van der Waals surface area contributed by atoms with Crippen molar-refractivity contribution in [3.63, 3.8) is 0 Å². The van der Waals surface area contributed by atoms with E-state index >= 15 is 0 Å². The number of allylic oxidation sites excluding steroid dienone is 20. The van der Waals surface area contributed by atoms with Gasteiger partial charge in [0.1, 0.15) is 6.10 Å². The highest BCUT2D eigenvalue weighted by Gasteiger charge is 2.44. The van der Waals surface area contributed by atoms with E-state index in [1.165, 1.54) is 41.6 Å².